The third kappa shape index (κ3) is 4.88. The third-order valence-corrected chi connectivity index (χ3v) is 2.63. The number of para-hydroxylation sites is 1. The summed E-state index contributed by atoms with van der Waals surface area (Å²) in [6.07, 6.45) is 9.93. The molecule has 2 atom stereocenters. The number of rotatable bonds is 0. The molecule has 0 saturated heterocycles. The highest BCUT2D eigenvalue weighted by atomic mass is 16.5. The lowest BCUT2D eigenvalue weighted by Gasteiger charge is -2.13. The molecule has 1 heterocycles. The van der Waals surface area contributed by atoms with Crippen LogP contribution in [0.5, 0.6) is 5.75 Å². The van der Waals surface area contributed by atoms with Crippen LogP contribution in [-0.4, -0.2) is 6.10 Å². The Hall–Kier alpha value is -1.50. The Morgan fingerprint density at radius 1 is 0.900 bits per heavy atom. The van der Waals surface area contributed by atoms with Gasteiger partial charge >= 0.3 is 0 Å². The number of ether oxygens (including phenoxy) is 1. The van der Waals surface area contributed by atoms with Crippen LogP contribution in [0, 0.1) is 0 Å². The summed E-state index contributed by atoms with van der Waals surface area (Å²) in [5.74, 6) is 1.47. The van der Waals surface area contributed by atoms with Crippen molar-refractivity contribution in [1.82, 2.24) is 0 Å². The summed E-state index contributed by atoms with van der Waals surface area (Å²) in [6, 6.07) is 8.26. The number of allylic oxidation sites excluding steroid dienone is 2. The molecule has 1 aliphatic carbocycles. The van der Waals surface area contributed by atoms with Gasteiger partial charge in [-0.1, -0.05) is 84.4 Å². The van der Waals surface area contributed by atoms with Crippen LogP contribution in [0.3, 0.4) is 0 Å². The topological polar surface area (TPSA) is 9.23 Å². The molecule has 3 rings (SSSR count). The summed E-state index contributed by atoms with van der Waals surface area (Å²) in [4.78, 5) is 0. The lowest BCUT2D eigenvalue weighted by Crippen LogP contribution is -2.15. The lowest BCUT2D eigenvalue weighted by molar-refractivity contribution is 0.269. The van der Waals surface area contributed by atoms with Crippen LogP contribution in [0.25, 0.3) is 0 Å². The molecular formula is C19H30O. The van der Waals surface area contributed by atoms with E-state index in [2.05, 4.69) is 44.2 Å². The second-order valence-corrected chi connectivity index (χ2v) is 4.12. The first kappa shape index (κ1) is 18.5. The first-order valence-corrected chi connectivity index (χ1v) is 7.97. The highest BCUT2D eigenvalue weighted by Crippen LogP contribution is 2.40. The Balaban J connectivity index is 0.000000451. The maximum Gasteiger partial charge on any atom is 0.128 e. The Morgan fingerprint density at radius 3 is 2.10 bits per heavy atom. The van der Waals surface area contributed by atoms with Gasteiger partial charge in [-0.25, -0.2) is 0 Å². The van der Waals surface area contributed by atoms with Gasteiger partial charge in [-0.05, 0) is 12.1 Å². The smallest absolute Gasteiger partial charge is 0.128 e. The molecule has 0 fully saturated rings. The molecule has 0 amide bonds. The van der Waals surface area contributed by atoms with Crippen molar-refractivity contribution in [2.24, 2.45) is 0 Å². The molecule has 2 aliphatic rings. The normalized spacial score (nSPS) is 19.7. The molecule has 0 N–H and O–H groups in total. The Kier molecular flexibility index (Phi) is 10.5. The Labute approximate surface area is 125 Å². The summed E-state index contributed by atoms with van der Waals surface area (Å²) in [5, 5.41) is 0. The lowest BCUT2D eigenvalue weighted by atomic mass is 9.92. The molecule has 0 spiro atoms. The van der Waals surface area contributed by atoms with Gasteiger partial charge in [0.05, 0.1) is 0 Å². The van der Waals surface area contributed by atoms with Crippen LogP contribution in [-0.2, 0) is 0 Å². The zero-order valence-electron chi connectivity index (χ0n) is 13.9. The first-order chi connectivity index (χ1) is 9.86. The fraction of sp³-hybridized carbons (Fsp3) is 0.474. The van der Waals surface area contributed by atoms with Gasteiger partial charge in [-0.2, -0.15) is 0 Å². The van der Waals surface area contributed by atoms with E-state index in [0.29, 0.717) is 5.92 Å². The van der Waals surface area contributed by atoms with E-state index in [1.165, 1.54) is 12.0 Å². The van der Waals surface area contributed by atoms with Gasteiger partial charge in [-0.15, -0.1) is 0 Å². The summed E-state index contributed by atoms with van der Waals surface area (Å²) < 4.78 is 5.77. The summed E-state index contributed by atoms with van der Waals surface area (Å²) in [6.45, 7) is 12.2. The highest BCUT2D eigenvalue weighted by molar-refractivity contribution is 5.46. The van der Waals surface area contributed by atoms with Gasteiger partial charge in [-0.3, -0.25) is 0 Å². The third-order valence-electron chi connectivity index (χ3n) is 2.63. The van der Waals surface area contributed by atoms with E-state index in [1.54, 1.807) is 0 Å². The molecule has 0 bridgehead atoms. The molecular weight excluding hydrogens is 244 g/mol. The van der Waals surface area contributed by atoms with Crippen molar-refractivity contribution in [2.45, 2.75) is 60.0 Å². The largest absolute Gasteiger partial charge is 0.485 e. The summed E-state index contributed by atoms with van der Waals surface area (Å²) in [7, 11) is 0. The second kappa shape index (κ2) is 11.3. The van der Waals surface area contributed by atoms with Gasteiger partial charge < -0.3 is 4.74 Å². The zero-order valence-corrected chi connectivity index (χ0v) is 13.9. The monoisotopic (exact) mass is 274 g/mol. The van der Waals surface area contributed by atoms with Crippen LogP contribution in [0.1, 0.15) is 59.4 Å². The average Bonchev–Trinajstić information content (AvgIpc) is 2.91. The minimum atomic E-state index is 0.224. The molecule has 1 aliphatic heterocycles. The highest BCUT2D eigenvalue weighted by Gasteiger charge is 2.30. The fourth-order valence-corrected chi connectivity index (χ4v) is 1.99. The molecule has 0 aromatic heterocycles. The summed E-state index contributed by atoms with van der Waals surface area (Å²) >= 11 is 0. The van der Waals surface area contributed by atoms with E-state index in [4.69, 9.17) is 4.74 Å². The number of fused-ring (bicyclic) bond motifs is 3. The predicted octanol–water partition coefficient (Wildman–Crippen LogP) is 6.13. The van der Waals surface area contributed by atoms with E-state index in [1.807, 2.05) is 45.9 Å². The standard InChI is InChI=1S/C12H10O.C3H8.2C2H6/c1-3-7-11-9(5-1)10-6-2-4-8-12(10)13-11;1-3-2;2*1-2/h1-9,11H;3H2,1-2H3;2*1-2H3. The maximum atomic E-state index is 5.77. The molecule has 1 aromatic rings. The predicted molar refractivity (Wildman–Crippen MR) is 90.5 cm³/mol. The van der Waals surface area contributed by atoms with E-state index < -0.39 is 0 Å². The molecule has 1 nitrogen and oxygen atoms in total. The Morgan fingerprint density at radius 2 is 1.45 bits per heavy atom. The van der Waals surface area contributed by atoms with E-state index in [-0.39, 0.29) is 6.10 Å². The van der Waals surface area contributed by atoms with E-state index in [0.717, 1.165) is 5.75 Å². The molecule has 1 aromatic carbocycles. The fourth-order valence-electron chi connectivity index (χ4n) is 1.99. The van der Waals surface area contributed by atoms with Crippen molar-refractivity contribution >= 4 is 0 Å². The van der Waals surface area contributed by atoms with Gasteiger partial charge in [0, 0.05) is 11.5 Å². The van der Waals surface area contributed by atoms with Crippen molar-refractivity contribution in [3.05, 3.63) is 54.1 Å². The molecule has 1 heteroatoms. The van der Waals surface area contributed by atoms with Crippen molar-refractivity contribution in [3.8, 4) is 5.75 Å². The molecule has 0 radical (unpaired) electrons. The van der Waals surface area contributed by atoms with Gasteiger partial charge in [0.25, 0.3) is 0 Å². The van der Waals surface area contributed by atoms with Crippen LogP contribution in [0.15, 0.2) is 48.6 Å². The van der Waals surface area contributed by atoms with E-state index in [9.17, 15) is 0 Å². The minimum Gasteiger partial charge on any atom is -0.485 e. The molecule has 112 valence electrons. The molecule has 20 heavy (non-hydrogen) atoms. The quantitative estimate of drug-likeness (QED) is 0.553. The van der Waals surface area contributed by atoms with Crippen LogP contribution in [0.4, 0.5) is 0 Å². The average molecular weight is 274 g/mol. The Bertz CT molecular complexity index is 404. The zero-order chi connectivity index (χ0) is 15.4. The minimum absolute atomic E-state index is 0.224. The molecule has 0 saturated carbocycles. The van der Waals surface area contributed by atoms with E-state index >= 15 is 0 Å². The number of benzene rings is 1. The van der Waals surface area contributed by atoms with Gasteiger partial charge in [0.1, 0.15) is 11.9 Å². The van der Waals surface area contributed by atoms with Crippen molar-refractivity contribution in [1.29, 1.82) is 0 Å². The van der Waals surface area contributed by atoms with Crippen molar-refractivity contribution < 1.29 is 4.74 Å². The maximum absolute atomic E-state index is 5.77. The van der Waals surface area contributed by atoms with Crippen molar-refractivity contribution in [2.75, 3.05) is 0 Å². The van der Waals surface area contributed by atoms with Gasteiger partial charge in [0.15, 0.2) is 0 Å². The molecule has 2 unspecified atom stereocenters. The van der Waals surface area contributed by atoms with Crippen molar-refractivity contribution in [3.63, 3.8) is 0 Å². The second-order valence-electron chi connectivity index (χ2n) is 4.12. The van der Waals surface area contributed by atoms with Crippen LogP contribution < -0.4 is 4.74 Å². The SMILES string of the molecule is C1=CC2Oc3ccccc3C2C=C1.CC.CC.CCC. The number of hydrogen-bond acceptors (Lipinski definition) is 1. The number of hydrogen-bond donors (Lipinski definition) is 0. The first-order valence-electron chi connectivity index (χ1n) is 7.97. The van der Waals surface area contributed by atoms with Crippen LogP contribution in [0.2, 0.25) is 0 Å². The van der Waals surface area contributed by atoms with Crippen LogP contribution >= 0.6 is 0 Å². The summed E-state index contributed by atoms with van der Waals surface area (Å²) in [5.41, 5.74) is 1.31. The van der Waals surface area contributed by atoms with Gasteiger partial charge in [0.2, 0.25) is 0 Å².